The Labute approximate surface area is 187 Å². The van der Waals surface area contributed by atoms with E-state index in [1.807, 2.05) is 63.4 Å². The summed E-state index contributed by atoms with van der Waals surface area (Å²) in [6.45, 7) is 4.81. The standard InChI is InChI=1S/C22H29N9O/c1-5-23-22-24-14-19-20(25-22)29(4)11-12-30(21(19)32)17-7-6-8-18(13-17)31-15-16(26-27-31)9-10-28(2)3/h6-8,13-15H,5,9-12H2,1-4H3,(H,23,24,25). The normalized spacial score (nSPS) is 14.0. The summed E-state index contributed by atoms with van der Waals surface area (Å²) >= 11 is 0. The predicted molar refractivity (Wildman–Crippen MR) is 125 cm³/mol. The van der Waals surface area contributed by atoms with E-state index in [0.717, 1.165) is 30.0 Å². The lowest BCUT2D eigenvalue weighted by atomic mass is 10.2. The van der Waals surface area contributed by atoms with Crippen LogP contribution in [0.5, 0.6) is 0 Å². The van der Waals surface area contributed by atoms with Crippen LogP contribution in [0.4, 0.5) is 17.5 Å². The molecule has 1 aliphatic rings. The number of nitrogens with one attached hydrogen (secondary N) is 1. The van der Waals surface area contributed by atoms with Crippen LogP contribution in [0.3, 0.4) is 0 Å². The number of anilines is 3. The minimum Gasteiger partial charge on any atom is -0.357 e. The van der Waals surface area contributed by atoms with Gasteiger partial charge in [0.25, 0.3) is 5.91 Å². The summed E-state index contributed by atoms with van der Waals surface area (Å²) in [5, 5.41) is 11.7. The van der Waals surface area contributed by atoms with Gasteiger partial charge in [-0.15, -0.1) is 5.10 Å². The van der Waals surface area contributed by atoms with Crippen molar-refractivity contribution >= 4 is 23.4 Å². The Bertz CT molecular complexity index is 1090. The number of fused-ring (bicyclic) bond motifs is 1. The zero-order valence-electron chi connectivity index (χ0n) is 19.0. The van der Waals surface area contributed by atoms with E-state index in [2.05, 4.69) is 30.5 Å². The van der Waals surface area contributed by atoms with Crippen molar-refractivity contribution in [1.29, 1.82) is 0 Å². The summed E-state index contributed by atoms with van der Waals surface area (Å²) in [4.78, 5) is 28.2. The number of hydrogen-bond acceptors (Lipinski definition) is 8. The number of likely N-dealkylation sites (N-methyl/N-ethyl adjacent to an activating group) is 2. The first-order chi connectivity index (χ1) is 15.5. The van der Waals surface area contributed by atoms with E-state index in [4.69, 9.17) is 0 Å². The fraction of sp³-hybridized carbons (Fsp3) is 0.409. The maximum absolute atomic E-state index is 13.4. The van der Waals surface area contributed by atoms with Crippen LogP contribution in [0, 0.1) is 0 Å². The number of hydrogen-bond donors (Lipinski definition) is 1. The van der Waals surface area contributed by atoms with Crippen LogP contribution in [0.2, 0.25) is 0 Å². The van der Waals surface area contributed by atoms with Crippen LogP contribution < -0.4 is 15.1 Å². The smallest absolute Gasteiger partial charge is 0.263 e. The predicted octanol–water partition coefficient (Wildman–Crippen LogP) is 1.69. The molecule has 10 heteroatoms. The summed E-state index contributed by atoms with van der Waals surface area (Å²) in [6, 6.07) is 7.78. The maximum Gasteiger partial charge on any atom is 0.263 e. The second-order valence-corrected chi connectivity index (χ2v) is 8.07. The zero-order chi connectivity index (χ0) is 22.7. The highest BCUT2D eigenvalue weighted by atomic mass is 16.2. The van der Waals surface area contributed by atoms with Gasteiger partial charge in [0.1, 0.15) is 11.4 Å². The van der Waals surface area contributed by atoms with Crippen molar-refractivity contribution in [2.24, 2.45) is 0 Å². The molecule has 0 spiro atoms. The molecule has 3 aromatic rings. The lowest BCUT2D eigenvalue weighted by Crippen LogP contribution is -2.33. The van der Waals surface area contributed by atoms with Crippen molar-refractivity contribution < 1.29 is 4.79 Å². The summed E-state index contributed by atoms with van der Waals surface area (Å²) in [6.07, 6.45) is 4.37. The summed E-state index contributed by atoms with van der Waals surface area (Å²) in [5.41, 5.74) is 3.08. The largest absolute Gasteiger partial charge is 0.357 e. The fourth-order valence-corrected chi connectivity index (χ4v) is 3.59. The van der Waals surface area contributed by atoms with Crippen LogP contribution in [-0.4, -0.2) is 83.1 Å². The van der Waals surface area contributed by atoms with Crippen LogP contribution >= 0.6 is 0 Å². The third-order valence-corrected chi connectivity index (χ3v) is 5.36. The highest BCUT2D eigenvalue weighted by molar-refractivity contribution is 6.09. The van der Waals surface area contributed by atoms with Crippen molar-refractivity contribution in [3.63, 3.8) is 0 Å². The number of amides is 1. The van der Waals surface area contributed by atoms with Crippen molar-refractivity contribution in [2.75, 3.05) is 62.4 Å². The molecule has 0 atom stereocenters. The van der Waals surface area contributed by atoms with E-state index in [1.165, 1.54) is 0 Å². The van der Waals surface area contributed by atoms with Gasteiger partial charge in [-0.25, -0.2) is 9.67 Å². The van der Waals surface area contributed by atoms with Crippen molar-refractivity contribution in [3.05, 3.63) is 47.9 Å². The Kier molecular flexibility index (Phi) is 6.31. The van der Waals surface area contributed by atoms with E-state index >= 15 is 0 Å². The number of carbonyl (C=O) groups is 1. The molecule has 2 aromatic heterocycles. The molecule has 0 bridgehead atoms. The van der Waals surface area contributed by atoms with E-state index in [1.54, 1.807) is 15.8 Å². The average molecular weight is 436 g/mol. The van der Waals surface area contributed by atoms with E-state index < -0.39 is 0 Å². The first-order valence-electron chi connectivity index (χ1n) is 10.8. The molecule has 1 N–H and O–H groups in total. The Morgan fingerprint density at radius 3 is 2.78 bits per heavy atom. The molecule has 4 rings (SSSR count). The molecule has 0 unspecified atom stereocenters. The molecular formula is C22H29N9O. The molecule has 32 heavy (non-hydrogen) atoms. The molecule has 1 aromatic carbocycles. The van der Waals surface area contributed by atoms with Crippen LogP contribution in [-0.2, 0) is 6.42 Å². The second kappa shape index (κ2) is 9.31. The Morgan fingerprint density at radius 1 is 1.19 bits per heavy atom. The van der Waals surface area contributed by atoms with Gasteiger partial charge in [0, 0.05) is 51.5 Å². The second-order valence-electron chi connectivity index (χ2n) is 8.07. The topological polar surface area (TPSA) is 95.3 Å². The van der Waals surface area contributed by atoms with Gasteiger partial charge in [0.05, 0.1) is 17.6 Å². The molecule has 0 radical (unpaired) electrons. The maximum atomic E-state index is 13.4. The van der Waals surface area contributed by atoms with Crippen LogP contribution in [0.1, 0.15) is 23.0 Å². The third kappa shape index (κ3) is 4.54. The quantitative estimate of drug-likeness (QED) is 0.599. The van der Waals surface area contributed by atoms with E-state index in [-0.39, 0.29) is 5.91 Å². The monoisotopic (exact) mass is 435 g/mol. The molecule has 10 nitrogen and oxygen atoms in total. The number of aromatic nitrogens is 5. The first-order valence-corrected chi connectivity index (χ1v) is 10.8. The lowest BCUT2D eigenvalue weighted by Gasteiger charge is -2.21. The van der Waals surface area contributed by atoms with Crippen molar-refractivity contribution in [2.45, 2.75) is 13.3 Å². The molecule has 0 fully saturated rings. The van der Waals surface area contributed by atoms with Gasteiger partial charge in [0.2, 0.25) is 5.95 Å². The summed E-state index contributed by atoms with van der Waals surface area (Å²) in [5.74, 6) is 1.05. The minimum absolute atomic E-state index is 0.116. The highest BCUT2D eigenvalue weighted by Gasteiger charge is 2.28. The van der Waals surface area contributed by atoms with Crippen LogP contribution in [0.25, 0.3) is 5.69 Å². The van der Waals surface area contributed by atoms with Gasteiger partial charge in [-0.2, -0.15) is 4.98 Å². The Hall–Kier alpha value is -3.53. The minimum atomic E-state index is -0.116. The fourth-order valence-electron chi connectivity index (χ4n) is 3.59. The van der Waals surface area contributed by atoms with Gasteiger partial charge in [-0.1, -0.05) is 11.3 Å². The molecule has 1 aliphatic heterocycles. The zero-order valence-corrected chi connectivity index (χ0v) is 19.0. The van der Waals surface area contributed by atoms with Gasteiger partial charge in [0.15, 0.2) is 0 Å². The Balaban J connectivity index is 1.61. The summed E-state index contributed by atoms with van der Waals surface area (Å²) < 4.78 is 1.75. The SMILES string of the molecule is CCNc1ncc2c(n1)N(C)CCN(c1cccc(-n3cc(CCN(C)C)nn3)c1)C2=O. The van der Waals surface area contributed by atoms with Gasteiger partial charge in [-0.05, 0) is 39.2 Å². The van der Waals surface area contributed by atoms with E-state index in [0.29, 0.717) is 37.0 Å². The van der Waals surface area contributed by atoms with Gasteiger partial charge < -0.3 is 20.0 Å². The average Bonchev–Trinajstić information content (AvgIpc) is 3.23. The number of rotatable bonds is 7. The lowest BCUT2D eigenvalue weighted by molar-refractivity contribution is 0.0989. The number of benzene rings is 1. The van der Waals surface area contributed by atoms with Gasteiger partial charge >= 0.3 is 0 Å². The first kappa shape index (κ1) is 21.7. The summed E-state index contributed by atoms with van der Waals surface area (Å²) in [7, 11) is 6.01. The van der Waals surface area contributed by atoms with Gasteiger partial charge in [-0.3, -0.25) is 4.79 Å². The molecule has 168 valence electrons. The Morgan fingerprint density at radius 2 is 2.00 bits per heavy atom. The van der Waals surface area contributed by atoms with Crippen molar-refractivity contribution in [3.8, 4) is 5.69 Å². The molecule has 0 saturated carbocycles. The number of nitrogens with zero attached hydrogens (tertiary/aromatic N) is 8. The van der Waals surface area contributed by atoms with Crippen molar-refractivity contribution in [1.82, 2.24) is 29.9 Å². The van der Waals surface area contributed by atoms with Crippen LogP contribution in [0.15, 0.2) is 36.7 Å². The highest BCUT2D eigenvalue weighted by Crippen LogP contribution is 2.27. The molecule has 0 aliphatic carbocycles. The molecule has 3 heterocycles. The molecule has 1 amide bonds. The van der Waals surface area contributed by atoms with E-state index in [9.17, 15) is 4.79 Å². The third-order valence-electron chi connectivity index (χ3n) is 5.36. The molecule has 0 saturated heterocycles. The number of carbonyl (C=O) groups excluding carboxylic acids is 1. The molecular weight excluding hydrogens is 406 g/mol.